The van der Waals surface area contributed by atoms with Gasteiger partial charge in [0.1, 0.15) is 0 Å². The Morgan fingerprint density at radius 3 is 2.28 bits per heavy atom. The summed E-state index contributed by atoms with van der Waals surface area (Å²) >= 11 is 0. The van der Waals surface area contributed by atoms with Gasteiger partial charge in [-0.15, -0.1) is 0 Å². The second-order valence-corrected chi connectivity index (χ2v) is 5.47. The molecule has 18 heavy (non-hydrogen) atoms. The van der Waals surface area contributed by atoms with E-state index in [1.165, 1.54) is 25.7 Å². The van der Waals surface area contributed by atoms with Gasteiger partial charge in [-0.2, -0.15) is 0 Å². The average molecular weight is 258 g/mol. The molecule has 0 aromatic carbocycles. The monoisotopic (exact) mass is 258 g/mol. The number of hydrogen-bond donors (Lipinski definition) is 2. The van der Waals surface area contributed by atoms with Crippen LogP contribution in [-0.2, 0) is 4.74 Å². The highest BCUT2D eigenvalue weighted by molar-refractivity contribution is 4.88. The molecule has 3 unspecified atom stereocenters. The summed E-state index contributed by atoms with van der Waals surface area (Å²) in [5.41, 5.74) is 2.84. The lowest BCUT2D eigenvalue weighted by molar-refractivity contribution is -0.0607. The standard InChI is InChI=1S/C15H34N2O/c1-6-10-11-13(7-2)12-14(17-16)15(5,8-3)18-9-4/h13-14,17H,6-12,16H2,1-5H3. The third kappa shape index (κ3) is 5.68. The number of rotatable bonds is 11. The Bertz CT molecular complexity index is 199. The Kier molecular flexibility index (Phi) is 9.70. The minimum absolute atomic E-state index is 0.150. The minimum Gasteiger partial charge on any atom is -0.374 e. The van der Waals surface area contributed by atoms with E-state index >= 15 is 0 Å². The molecule has 3 heteroatoms. The van der Waals surface area contributed by atoms with Crippen molar-refractivity contribution in [3.05, 3.63) is 0 Å². The topological polar surface area (TPSA) is 47.3 Å². The molecule has 0 aliphatic carbocycles. The molecule has 0 aromatic rings. The fourth-order valence-corrected chi connectivity index (χ4v) is 2.59. The first-order valence-electron chi connectivity index (χ1n) is 7.67. The molecule has 0 saturated carbocycles. The van der Waals surface area contributed by atoms with Gasteiger partial charge in [0.25, 0.3) is 0 Å². The van der Waals surface area contributed by atoms with Crippen LogP contribution in [0, 0.1) is 5.92 Å². The van der Waals surface area contributed by atoms with E-state index in [1.807, 2.05) is 0 Å². The van der Waals surface area contributed by atoms with Gasteiger partial charge in [0.15, 0.2) is 0 Å². The van der Waals surface area contributed by atoms with Crippen molar-refractivity contribution in [3.63, 3.8) is 0 Å². The van der Waals surface area contributed by atoms with Crippen LogP contribution in [0.25, 0.3) is 0 Å². The van der Waals surface area contributed by atoms with E-state index in [0.29, 0.717) is 0 Å². The van der Waals surface area contributed by atoms with Crippen LogP contribution in [0.4, 0.5) is 0 Å². The molecule has 0 spiro atoms. The number of nitrogens with two attached hydrogens (primary N) is 1. The Balaban J connectivity index is 4.53. The molecule has 0 aromatic heterocycles. The molecule has 0 rings (SSSR count). The fraction of sp³-hybridized carbons (Fsp3) is 1.00. The summed E-state index contributed by atoms with van der Waals surface area (Å²) in [5.74, 6) is 6.51. The molecule has 0 amide bonds. The average Bonchev–Trinajstić information content (AvgIpc) is 2.39. The molecular weight excluding hydrogens is 224 g/mol. The highest BCUT2D eigenvalue weighted by Gasteiger charge is 2.33. The van der Waals surface area contributed by atoms with Crippen LogP contribution in [0.15, 0.2) is 0 Å². The van der Waals surface area contributed by atoms with Crippen molar-refractivity contribution in [2.24, 2.45) is 11.8 Å². The summed E-state index contributed by atoms with van der Waals surface area (Å²) in [6.07, 6.45) is 7.21. The van der Waals surface area contributed by atoms with Crippen molar-refractivity contribution in [3.8, 4) is 0 Å². The maximum atomic E-state index is 5.94. The number of hydrogen-bond acceptors (Lipinski definition) is 3. The number of ether oxygens (including phenoxy) is 1. The minimum atomic E-state index is -0.150. The number of nitrogens with one attached hydrogen (secondary N) is 1. The van der Waals surface area contributed by atoms with E-state index in [2.05, 4.69) is 40.0 Å². The van der Waals surface area contributed by atoms with E-state index in [0.717, 1.165) is 25.4 Å². The Labute approximate surface area is 114 Å². The first-order valence-corrected chi connectivity index (χ1v) is 7.67. The zero-order chi connectivity index (χ0) is 14.0. The normalized spacial score (nSPS) is 18.3. The molecule has 0 saturated heterocycles. The van der Waals surface area contributed by atoms with Crippen molar-refractivity contribution in [1.82, 2.24) is 5.43 Å². The van der Waals surface area contributed by atoms with Gasteiger partial charge < -0.3 is 4.74 Å². The fourth-order valence-electron chi connectivity index (χ4n) is 2.59. The lowest BCUT2D eigenvalue weighted by atomic mass is 9.83. The molecule has 0 fully saturated rings. The first-order chi connectivity index (χ1) is 8.57. The van der Waals surface area contributed by atoms with E-state index < -0.39 is 0 Å². The molecule has 0 bridgehead atoms. The van der Waals surface area contributed by atoms with Gasteiger partial charge >= 0.3 is 0 Å². The van der Waals surface area contributed by atoms with E-state index in [-0.39, 0.29) is 11.6 Å². The molecule has 0 heterocycles. The number of unbranched alkanes of at least 4 members (excludes halogenated alkanes) is 1. The zero-order valence-corrected chi connectivity index (χ0v) is 13.1. The third-order valence-corrected chi connectivity index (χ3v) is 4.23. The van der Waals surface area contributed by atoms with Crippen LogP contribution in [-0.4, -0.2) is 18.2 Å². The van der Waals surface area contributed by atoms with Gasteiger partial charge in [0, 0.05) is 6.61 Å². The maximum absolute atomic E-state index is 5.94. The van der Waals surface area contributed by atoms with E-state index in [4.69, 9.17) is 10.6 Å². The summed E-state index contributed by atoms with van der Waals surface area (Å²) in [7, 11) is 0. The Hall–Kier alpha value is -0.120. The van der Waals surface area contributed by atoms with E-state index in [1.54, 1.807) is 0 Å². The SMILES string of the molecule is CCCCC(CC)CC(NN)C(C)(CC)OCC. The van der Waals surface area contributed by atoms with Gasteiger partial charge in [-0.25, -0.2) is 0 Å². The summed E-state index contributed by atoms with van der Waals surface area (Å²) in [6, 6.07) is 0.240. The molecule has 110 valence electrons. The van der Waals surface area contributed by atoms with Crippen LogP contribution < -0.4 is 11.3 Å². The van der Waals surface area contributed by atoms with Crippen LogP contribution in [0.5, 0.6) is 0 Å². The maximum Gasteiger partial charge on any atom is 0.0817 e. The lowest BCUT2D eigenvalue weighted by Crippen LogP contribution is -2.53. The molecule has 0 aliphatic rings. The van der Waals surface area contributed by atoms with Crippen molar-refractivity contribution in [2.75, 3.05) is 6.61 Å². The summed E-state index contributed by atoms with van der Waals surface area (Å²) in [6.45, 7) is 11.7. The molecule has 0 radical (unpaired) electrons. The third-order valence-electron chi connectivity index (χ3n) is 4.23. The summed E-state index contributed by atoms with van der Waals surface area (Å²) in [4.78, 5) is 0. The second-order valence-electron chi connectivity index (χ2n) is 5.47. The highest BCUT2D eigenvalue weighted by Crippen LogP contribution is 2.28. The van der Waals surface area contributed by atoms with Crippen molar-refractivity contribution in [1.29, 1.82) is 0 Å². The predicted molar refractivity (Wildman–Crippen MR) is 79.4 cm³/mol. The quantitative estimate of drug-likeness (QED) is 0.439. The van der Waals surface area contributed by atoms with Gasteiger partial charge in [-0.05, 0) is 32.6 Å². The Morgan fingerprint density at radius 2 is 1.89 bits per heavy atom. The molecule has 3 N–H and O–H groups in total. The van der Waals surface area contributed by atoms with Crippen LogP contribution in [0.2, 0.25) is 0 Å². The zero-order valence-electron chi connectivity index (χ0n) is 13.1. The molecular formula is C15H34N2O. The second kappa shape index (κ2) is 9.76. The van der Waals surface area contributed by atoms with Crippen molar-refractivity contribution in [2.45, 2.75) is 84.8 Å². The lowest BCUT2D eigenvalue weighted by Gasteiger charge is -2.38. The van der Waals surface area contributed by atoms with Gasteiger partial charge in [0.2, 0.25) is 0 Å². The van der Waals surface area contributed by atoms with Crippen molar-refractivity contribution >= 4 is 0 Å². The largest absolute Gasteiger partial charge is 0.374 e. The summed E-state index contributed by atoms with van der Waals surface area (Å²) in [5, 5.41) is 0. The van der Waals surface area contributed by atoms with Crippen LogP contribution >= 0.6 is 0 Å². The van der Waals surface area contributed by atoms with Crippen LogP contribution in [0.1, 0.15) is 73.1 Å². The van der Waals surface area contributed by atoms with Crippen LogP contribution in [0.3, 0.4) is 0 Å². The highest BCUT2D eigenvalue weighted by atomic mass is 16.5. The molecule has 0 aliphatic heterocycles. The van der Waals surface area contributed by atoms with Gasteiger partial charge in [-0.3, -0.25) is 11.3 Å². The molecule has 3 atom stereocenters. The first kappa shape index (κ1) is 17.9. The van der Waals surface area contributed by atoms with E-state index in [9.17, 15) is 0 Å². The van der Waals surface area contributed by atoms with Gasteiger partial charge in [-0.1, -0.05) is 46.5 Å². The Morgan fingerprint density at radius 1 is 1.22 bits per heavy atom. The summed E-state index contributed by atoms with van der Waals surface area (Å²) < 4.78 is 5.94. The van der Waals surface area contributed by atoms with Crippen molar-refractivity contribution < 1.29 is 4.74 Å². The smallest absolute Gasteiger partial charge is 0.0817 e. The predicted octanol–water partition coefficient (Wildman–Crippen LogP) is 3.63. The van der Waals surface area contributed by atoms with Gasteiger partial charge in [0.05, 0.1) is 11.6 Å². The number of hydrazine groups is 1. The molecule has 3 nitrogen and oxygen atoms in total.